The van der Waals surface area contributed by atoms with Crippen molar-refractivity contribution in [3.63, 3.8) is 0 Å². The summed E-state index contributed by atoms with van der Waals surface area (Å²) in [5, 5.41) is 16.5. The minimum Gasteiger partial charge on any atom is -0.522 e. The Morgan fingerprint density at radius 1 is 1.02 bits per heavy atom. The van der Waals surface area contributed by atoms with Crippen molar-refractivity contribution < 1.29 is 38.5 Å². The summed E-state index contributed by atoms with van der Waals surface area (Å²) in [6.07, 6.45) is 3.42. The van der Waals surface area contributed by atoms with Crippen molar-refractivity contribution in [2.45, 2.75) is 40.2 Å². The van der Waals surface area contributed by atoms with Crippen LogP contribution in [0.3, 0.4) is 0 Å². The number of hydrogen-bond acceptors (Lipinski definition) is 9. The van der Waals surface area contributed by atoms with Gasteiger partial charge >= 0.3 is 5.97 Å². The number of rotatable bonds is 17. The Morgan fingerprint density at radius 2 is 1.63 bits per heavy atom. The molecule has 248 valence electrons. The first-order valence-electron chi connectivity index (χ1n) is 13.5. The van der Waals surface area contributed by atoms with Gasteiger partial charge in [-0.25, -0.2) is 4.79 Å². The van der Waals surface area contributed by atoms with Gasteiger partial charge in [0.2, 0.25) is 12.3 Å². The minimum absolute atomic E-state index is 0. The molecule has 2 aromatic carbocycles. The third kappa shape index (κ3) is 24.3. The second kappa shape index (κ2) is 29.8. The molecule has 14 heteroatoms. The van der Waals surface area contributed by atoms with Crippen molar-refractivity contribution in [2.75, 3.05) is 51.8 Å². The molecule has 0 atom stereocenters. The number of ether oxygens (including phenoxy) is 3. The summed E-state index contributed by atoms with van der Waals surface area (Å²) in [6, 6.07) is 12.5. The zero-order valence-electron chi connectivity index (χ0n) is 25.2. The average Bonchev–Trinajstić information content (AvgIpc) is 2.99. The maximum absolute atomic E-state index is 11.6. The van der Waals surface area contributed by atoms with Gasteiger partial charge in [-0.1, -0.05) is 32.9 Å². The second-order valence-corrected chi connectivity index (χ2v) is 7.88. The number of nitrogens with two attached hydrogens (primary N) is 2. The van der Waals surface area contributed by atoms with Crippen LogP contribution < -0.4 is 36.9 Å². The molecule has 0 aromatic heterocycles. The maximum atomic E-state index is 11.6. The number of primary amides is 1. The molecule has 0 aliphatic carbocycles. The van der Waals surface area contributed by atoms with Gasteiger partial charge in [-0.15, -0.1) is 0 Å². The number of nitrogens with one attached hydrogen (secondary N) is 3. The first-order chi connectivity index (χ1) is 20.3. The van der Waals surface area contributed by atoms with Gasteiger partial charge in [-0.05, 0) is 61.8 Å². The maximum Gasteiger partial charge on any atom is 0.329 e. The van der Waals surface area contributed by atoms with E-state index in [0.717, 1.165) is 17.7 Å². The van der Waals surface area contributed by atoms with Crippen LogP contribution in [-0.2, 0) is 36.9 Å². The van der Waals surface area contributed by atoms with Crippen LogP contribution in [0.15, 0.2) is 42.5 Å². The Bertz CT molecular complexity index is 995. The van der Waals surface area contributed by atoms with E-state index in [1.54, 1.807) is 18.2 Å². The number of carboxylic acid groups (broad SMARTS) is 1. The Morgan fingerprint density at radius 3 is 2.12 bits per heavy atom. The molecule has 0 heterocycles. The predicted octanol–water partition coefficient (Wildman–Crippen LogP) is 1.59. The largest absolute Gasteiger partial charge is 0.522 e. The molecule has 13 nitrogen and oxygen atoms in total. The van der Waals surface area contributed by atoms with E-state index >= 15 is 0 Å². The molecular weight excluding hydrogens is 803 g/mol. The van der Waals surface area contributed by atoms with Crippen molar-refractivity contribution in [1.29, 1.82) is 0 Å². The van der Waals surface area contributed by atoms with Crippen molar-refractivity contribution in [3.05, 3.63) is 53.6 Å². The number of aliphatic carboxylic acids is 1. The van der Waals surface area contributed by atoms with Crippen molar-refractivity contribution in [1.82, 2.24) is 10.6 Å². The summed E-state index contributed by atoms with van der Waals surface area (Å²) in [5.41, 5.74) is 12.0. The van der Waals surface area contributed by atoms with Gasteiger partial charge in [0, 0.05) is 18.3 Å². The topological polar surface area (TPSA) is 204 Å². The monoisotopic (exact) mass is 849 g/mol. The Balaban J connectivity index is -0.00000127. The molecule has 2 aromatic rings. The summed E-state index contributed by atoms with van der Waals surface area (Å²) in [6.45, 7) is 8.04. The van der Waals surface area contributed by atoms with Crippen molar-refractivity contribution >= 4 is 30.4 Å². The summed E-state index contributed by atoms with van der Waals surface area (Å²) >= 11 is 0. The van der Waals surface area contributed by atoms with E-state index in [0.29, 0.717) is 36.8 Å². The number of anilines is 1. The normalized spacial score (nSPS) is 9.05. The van der Waals surface area contributed by atoms with E-state index in [1.807, 2.05) is 45.2 Å². The van der Waals surface area contributed by atoms with E-state index in [4.69, 9.17) is 29.8 Å². The molecule has 43 heavy (non-hydrogen) atoms. The van der Waals surface area contributed by atoms with Crippen molar-refractivity contribution in [2.24, 2.45) is 11.5 Å². The number of benzene rings is 2. The molecule has 0 saturated heterocycles. The zero-order valence-corrected chi connectivity index (χ0v) is 27.6. The summed E-state index contributed by atoms with van der Waals surface area (Å²) in [5.74, 6) is -0.191. The predicted molar refractivity (Wildman–Crippen MR) is 162 cm³/mol. The van der Waals surface area contributed by atoms with Gasteiger partial charge in [-0.2, -0.15) is 6.41 Å². The number of carboxylic acids is 1. The van der Waals surface area contributed by atoms with E-state index in [9.17, 15) is 14.4 Å². The fraction of sp³-hybridized carbons (Fsp3) is 0.448. The van der Waals surface area contributed by atoms with Crippen LogP contribution in [0, 0.1) is 0 Å². The number of hydrogen-bond donors (Lipinski definition) is 6. The number of carbonyl (C=O) groups is 3. The number of carbonyl (C=O) groups excluding carboxylic acids is 3. The molecule has 0 unspecified atom stereocenters. The SMILES string of the molecule is CC.CCCNC.NC=O.NCCOc1cc(CCOCC(=O)O)cc(OCc2ccc(NC(=O)CN[C-]=O)cc2)c1.[Fm]. The summed E-state index contributed by atoms with van der Waals surface area (Å²) in [4.78, 5) is 40.8. The quantitative estimate of drug-likeness (QED) is 0.0588. The smallest absolute Gasteiger partial charge is 0.329 e. The molecule has 0 saturated carbocycles. The van der Waals surface area contributed by atoms with Gasteiger partial charge in [0.25, 0.3) is 0 Å². The van der Waals surface area contributed by atoms with Gasteiger partial charge in [0.1, 0.15) is 31.3 Å². The first kappa shape index (κ1) is 42.3. The summed E-state index contributed by atoms with van der Waals surface area (Å²) in [7, 11) is 1.96. The first-order valence-corrected chi connectivity index (χ1v) is 13.5. The van der Waals surface area contributed by atoms with E-state index in [2.05, 4.69) is 28.6 Å². The molecule has 8 N–H and O–H groups in total. The second-order valence-electron chi connectivity index (χ2n) is 7.88. The third-order valence-electron chi connectivity index (χ3n) is 4.55. The minimum atomic E-state index is -1.02. The molecule has 0 spiro atoms. The van der Waals surface area contributed by atoms with Crippen molar-refractivity contribution in [3.8, 4) is 11.5 Å². The van der Waals surface area contributed by atoms with Crippen LogP contribution in [0.25, 0.3) is 0 Å². The zero-order chi connectivity index (χ0) is 32.0. The Hall–Kier alpha value is -5.20. The molecular formula is C29H46FmN5O8-. The van der Waals surface area contributed by atoms with Crippen LogP contribution in [-0.4, -0.2) is 76.3 Å². The van der Waals surface area contributed by atoms with Crippen LogP contribution in [0.4, 0.5) is 5.69 Å². The Labute approximate surface area is 248 Å². The molecule has 2 rings (SSSR count). The van der Waals surface area contributed by atoms with Crippen LogP contribution >= 0.6 is 0 Å². The van der Waals surface area contributed by atoms with E-state index in [-0.39, 0.29) is 38.7 Å². The molecule has 0 aliphatic rings. The summed E-state index contributed by atoms with van der Waals surface area (Å²) < 4.78 is 16.6. The van der Waals surface area contributed by atoms with Gasteiger partial charge in [0.15, 0.2) is 0 Å². The molecule has 3 amide bonds. The fourth-order valence-electron chi connectivity index (χ4n) is 2.89. The third-order valence-corrected chi connectivity index (χ3v) is 4.55. The standard InChI is InChI=1S/C22H26N3O7.C4H11N.C2H6.CH3NO.Fm/c23-6-8-31-19-9-17(5-7-30-14-22(28)29)10-20(11-19)32-13-16-1-3-18(4-2-16)25-21(27)12-24-15-26;1-3-4-5-2;1-2;2-1-3;/h1-4,9-11H,5-8,12-14,23H2,(H,24,26)(H,25,27)(H,28,29);5H,3-4H2,1-2H3;1-2H3;1H,(H2,2,3);/q-1;;;;. The molecule has 0 fully saturated rings. The number of amides is 3. The van der Waals surface area contributed by atoms with Crippen LogP contribution in [0.1, 0.15) is 38.3 Å². The van der Waals surface area contributed by atoms with Crippen LogP contribution in [0.2, 0.25) is 0 Å². The fourth-order valence-corrected chi connectivity index (χ4v) is 2.89. The van der Waals surface area contributed by atoms with E-state index in [1.165, 1.54) is 12.8 Å². The molecule has 0 aliphatic heterocycles. The van der Waals surface area contributed by atoms with Gasteiger partial charge in [0.05, 0.1) is 13.2 Å². The van der Waals surface area contributed by atoms with Crippen LogP contribution in [0.5, 0.6) is 11.5 Å². The van der Waals surface area contributed by atoms with Gasteiger partial charge in [-0.3, -0.25) is 9.59 Å². The average molecular weight is 850 g/mol. The van der Waals surface area contributed by atoms with Gasteiger partial charge < -0.3 is 51.5 Å². The molecule has 0 bridgehead atoms. The molecule has 0 radical (unpaired) electrons. The van der Waals surface area contributed by atoms with E-state index < -0.39 is 5.97 Å². The Kier molecular flexibility index (Phi) is 29.3.